The fourth-order valence-electron chi connectivity index (χ4n) is 3.27. The maximum absolute atomic E-state index is 11.5. The molecule has 1 fully saturated rings. The van der Waals surface area contributed by atoms with Crippen LogP contribution in [0.2, 0.25) is 0 Å². The molecule has 0 aliphatic heterocycles. The topological polar surface area (TPSA) is 43.4 Å². The van der Waals surface area contributed by atoms with Crippen LogP contribution in [0.3, 0.4) is 0 Å². The molecule has 1 rings (SSSR count). The number of hydrogen-bond acceptors (Lipinski definition) is 3. The molecule has 0 saturated heterocycles. The molecule has 1 aliphatic rings. The van der Waals surface area contributed by atoms with Crippen molar-refractivity contribution in [1.29, 1.82) is 0 Å². The van der Waals surface area contributed by atoms with Crippen molar-refractivity contribution in [1.82, 2.24) is 0 Å². The Bertz CT molecular complexity index is 362. The second-order valence-corrected chi connectivity index (χ2v) is 9.34. The van der Waals surface area contributed by atoms with Gasteiger partial charge in [0, 0.05) is 22.7 Å². The molecule has 0 amide bonds. The molecule has 0 aromatic rings. The van der Waals surface area contributed by atoms with Crippen LogP contribution in [0.15, 0.2) is 0 Å². The van der Waals surface area contributed by atoms with E-state index in [0.717, 1.165) is 38.7 Å². The Kier molecular flexibility index (Phi) is 9.22. The molecule has 0 N–H and O–H groups in total. The Balaban J connectivity index is 2.24. The SMILES string of the molecule is CCCCCCCCOCC1(CS(=O)(=O)Cl)CCCCC1. The third-order valence-electron chi connectivity index (χ3n) is 4.44. The molecule has 0 spiro atoms. The minimum absolute atomic E-state index is 0.0675. The van der Waals surface area contributed by atoms with Crippen LogP contribution >= 0.6 is 10.7 Å². The summed E-state index contributed by atoms with van der Waals surface area (Å²) in [6.07, 6.45) is 12.7. The molecule has 0 bridgehead atoms. The van der Waals surface area contributed by atoms with Gasteiger partial charge in [0.25, 0.3) is 0 Å². The molecule has 0 atom stereocenters. The van der Waals surface area contributed by atoms with E-state index in [0.29, 0.717) is 6.61 Å². The second-order valence-electron chi connectivity index (χ2n) is 6.56. The van der Waals surface area contributed by atoms with Crippen molar-refractivity contribution in [3.05, 3.63) is 0 Å². The Morgan fingerprint density at radius 1 is 1.00 bits per heavy atom. The van der Waals surface area contributed by atoms with Crippen molar-refractivity contribution in [3.8, 4) is 0 Å². The normalized spacial score (nSPS) is 18.8. The summed E-state index contributed by atoms with van der Waals surface area (Å²) < 4.78 is 28.7. The Morgan fingerprint density at radius 2 is 1.62 bits per heavy atom. The molecule has 1 saturated carbocycles. The number of ether oxygens (including phenoxy) is 1. The first-order valence-electron chi connectivity index (χ1n) is 8.47. The molecular weight excluding hydrogens is 308 g/mol. The van der Waals surface area contributed by atoms with E-state index in [4.69, 9.17) is 15.4 Å². The van der Waals surface area contributed by atoms with Crippen molar-refractivity contribution in [2.24, 2.45) is 5.41 Å². The predicted octanol–water partition coefficient (Wildman–Crippen LogP) is 4.88. The largest absolute Gasteiger partial charge is 0.381 e. The molecule has 0 aromatic carbocycles. The van der Waals surface area contributed by atoms with Crippen molar-refractivity contribution in [2.75, 3.05) is 19.0 Å². The van der Waals surface area contributed by atoms with Crippen LogP contribution in [0.25, 0.3) is 0 Å². The molecule has 0 heterocycles. The molecule has 0 aromatic heterocycles. The van der Waals surface area contributed by atoms with Gasteiger partial charge >= 0.3 is 0 Å². The van der Waals surface area contributed by atoms with Crippen LogP contribution < -0.4 is 0 Å². The van der Waals surface area contributed by atoms with E-state index in [1.165, 1.54) is 38.5 Å². The van der Waals surface area contributed by atoms with Crippen LogP contribution in [0.1, 0.15) is 77.6 Å². The van der Waals surface area contributed by atoms with E-state index < -0.39 is 9.05 Å². The van der Waals surface area contributed by atoms with Crippen LogP contribution in [-0.2, 0) is 13.8 Å². The first-order chi connectivity index (χ1) is 9.97. The Morgan fingerprint density at radius 3 is 2.24 bits per heavy atom. The standard InChI is InChI=1S/C16H31ClO3S/c1-2-3-4-5-6-10-13-20-14-16(15-21(17,18)19)11-8-7-9-12-16/h2-15H2,1H3. The smallest absolute Gasteiger partial charge is 0.233 e. The lowest BCUT2D eigenvalue weighted by Gasteiger charge is -2.36. The summed E-state index contributed by atoms with van der Waals surface area (Å²) in [5.74, 6) is 0.0675. The van der Waals surface area contributed by atoms with Gasteiger partial charge in [-0.3, -0.25) is 0 Å². The number of hydrogen-bond donors (Lipinski definition) is 0. The lowest BCUT2D eigenvalue weighted by molar-refractivity contribution is 0.0316. The summed E-state index contributed by atoms with van der Waals surface area (Å²) in [6.45, 7) is 3.52. The third-order valence-corrected chi connectivity index (χ3v) is 5.73. The summed E-state index contributed by atoms with van der Waals surface area (Å²) in [4.78, 5) is 0. The first-order valence-corrected chi connectivity index (χ1v) is 11.0. The van der Waals surface area contributed by atoms with Crippen LogP contribution in [0.4, 0.5) is 0 Å². The van der Waals surface area contributed by atoms with Crippen molar-refractivity contribution in [3.63, 3.8) is 0 Å². The fraction of sp³-hybridized carbons (Fsp3) is 1.00. The highest BCUT2D eigenvalue weighted by Crippen LogP contribution is 2.38. The lowest BCUT2D eigenvalue weighted by Crippen LogP contribution is -2.35. The van der Waals surface area contributed by atoms with E-state index in [1.54, 1.807) is 0 Å². The van der Waals surface area contributed by atoms with Crippen molar-refractivity contribution < 1.29 is 13.2 Å². The zero-order chi connectivity index (χ0) is 15.6. The van der Waals surface area contributed by atoms with Crippen molar-refractivity contribution >= 4 is 19.7 Å². The zero-order valence-corrected chi connectivity index (χ0v) is 15.0. The van der Waals surface area contributed by atoms with Gasteiger partial charge in [0.2, 0.25) is 9.05 Å². The van der Waals surface area contributed by atoms with Gasteiger partial charge in [0.15, 0.2) is 0 Å². The number of halogens is 1. The van der Waals surface area contributed by atoms with Gasteiger partial charge in [-0.2, -0.15) is 0 Å². The van der Waals surface area contributed by atoms with Gasteiger partial charge in [0.05, 0.1) is 12.4 Å². The summed E-state index contributed by atoms with van der Waals surface area (Å²) in [7, 11) is 2.04. The van der Waals surface area contributed by atoms with Gasteiger partial charge in [-0.05, 0) is 19.3 Å². The van der Waals surface area contributed by atoms with Crippen LogP contribution in [0.5, 0.6) is 0 Å². The lowest BCUT2D eigenvalue weighted by atomic mass is 9.76. The van der Waals surface area contributed by atoms with Gasteiger partial charge in [0.1, 0.15) is 0 Å². The molecule has 0 unspecified atom stereocenters. The van der Waals surface area contributed by atoms with Gasteiger partial charge in [-0.1, -0.05) is 58.3 Å². The Labute approximate surface area is 135 Å². The monoisotopic (exact) mass is 338 g/mol. The fourth-order valence-corrected chi connectivity index (χ4v) is 5.07. The van der Waals surface area contributed by atoms with Gasteiger partial charge in [-0.15, -0.1) is 0 Å². The highest BCUT2D eigenvalue weighted by Gasteiger charge is 2.36. The molecule has 1 aliphatic carbocycles. The van der Waals surface area contributed by atoms with E-state index in [2.05, 4.69) is 6.92 Å². The summed E-state index contributed by atoms with van der Waals surface area (Å²) in [5.41, 5.74) is -0.235. The molecule has 126 valence electrons. The van der Waals surface area contributed by atoms with Gasteiger partial charge in [-0.25, -0.2) is 8.42 Å². The first kappa shape index (κ1) is 19.2. The molecule has 0 radical (unpaired) electrons. The van der Waals surface area contributed by atoms with E-state index in [9.17, 15) is 8.42 Å². The minimum atomic E-state index is -3.45. The number of rotatable bonds is 11. The molecular formula is C16H31ClO3S. The third kappa shape index (κ3) is 9.04. The van der Waals surface area contributed by atoms with E-state index in [1.807, 2.05) is 0 Å². The molecule has 3 nitrogen and oxygen atoms in total. The predicted molar refractivity (Wildman–Crippen MR) is 89.4 cm³/mol. The van der Waals surface area contributed by atoms with Crippen LogP contribution in [0, 0.1) is 5.41 Å². The summed E-state index contributed by atoms with van der Waals surface area (Å²) in [6, 6.07) is 0. The maximum Gasteiger partial charge on any atom is 0.233 e. The summed E-state index contributed by atoms with van der Waals surface area (Å²) in [5, 5.41) is 0. The maximum atomic E-state index is 11.5. The average molecular weight is 339 g/mol. The highest BCUT2D eigenvalue weighted by molar-refractivity contribution is 8.13. The molecule has 21 heavy (non-hydrogen) atoms. The van der Waals surface area contributed by atoms with E-state index >= 15 is 0 Å². The molecule has 5 heteroatoms. The zero-order valence-electron chi connectivity index (χ0n) is 13.4. The van der Waals surface area contributed by atoms with E-state index in [-0.39, 0.29) is 11.2 Å². The second kappa shape index (κ2) is 10.1. The van der Waals surface area contributed by atoms with Crippen molar-refractivity contribution in [2.45, 2.75) is 77.6 Å². The number of unbranched alkanes of at least 4 members (excludes halogenated alkanes) is 5. The van der Waals surface area contributed by atoms with Crippen LogP contribution in [-0.4, -0.2) is 27.4 Å². The Hall–Kier alpha value is 0.200. The average Bonchev–Trinajstić information content (AvgIpc) is 2.41. The minimum Gasteiger partial charge on any atom is -0.381 e. The highest BCUT2D eigenvalue weighted by atomic mass is 35.7. The summed E-state index contributed by atoms with van der Waals surface area (Å²) >= 11 is 0. The quantitative estimate of drug-likeness (QED) is 0.398. The van der Waals surface area contributed by atoms with Gasteiger partial charge < -0.3 is 4.74 Å².